The van der Waals surface area contributed by atoms with Crippen LogP contribution in [0.2, 0.25) is 5.02 Å². The highest BCUT2D eigenvalue weighted by atomic mass is 35.5. The van der Waals surface area contributed by atoms with E-state index in [-0.39, 0.29) is 11.6 Å². The lowest BCUT2D eigenvalue weighted by Crippen LogP contribution is -2.15. The average Bonchev–Trinajstić information content (AvgIpc) is 2.68. The van der Waals surface area contributed by atoms with Gasteiger partial charge in [0.25, 0.3) is 5.91 Å². The molecule has 1 aromatic carbocycles. The molecule has 0 spiro atoms. The highest BCUT2D eigenvalue weighted by Crippen LogP contribution is 2.23. The summed E-state index contributed by atoms with van der Waals surface area (Å²) in [6, 6.07) is 4.92. The number of anilines is 2. The number of carbonyl (C=O) groups is 1. The van der Waals surface area contributed by atoms with Crippen molar-refractivity contribution >= 4 is 29.0 Å². The molecule has 0 fully saturated rings. The number of nitrogens with zero attached hydrogens (tertiary/aromatic N) is 1. The molecule has 5 nitrogen and oxygen atoms in total. The fourth-order valence-corrected chi connectivity index (χ4v) is 1.56. The van der Waals surface area contributed by atoms with Crippen LogP contribution in [0.5, 0.6) is 0 Å². The van der Waals surface area contributed by atoms with Crippen LogP contribution in [-0.2, 0) is 0 Å². The Kier molecular flexibility index (Phi) is 3.01. The van der Waals surface area contributed by atoms with Gasteiger partial charge in [0.15, 0.2) is 0 Å². The second-order valence-electron chi connectivity index (χ2n) is 3.58. The number of nitrogens with two attached hydrogens (primary N) is 1. The molecule has 6 heteroatoms. The van der Waals surface area contributed by atoms with Crippen LogP contribution in [-0.4, -0.2) is 16.1 Å². The van der Waals surface area contributed by atoms with Gasteiger partial charge < -0.3 is 11.1 Å². The highest BCUT2D eigenvalue weighted by molar-refractivity contribution is 6.34. The van der Waals surface area contributed by atoms with Crippen molar-refractivity contribution in [3.05, 3.63) is 40.5 Å². The first-order valence-electron chi connectivity index (χ1n) is 4.95. The van der Waals surface area contributed by atoms with Crippen LogP contribution in [0.1, 0.15) is 15.9 Å². The number of aromatic nitrogens is 2. The molecule has 4 N–H and O–H groups in total. The molecule has 1 aromatic heterocycles. The van der Waals surface area contributed by atoms with Crippen molar-refractivity contribution in [2.75, 3.05) is 11.1 Å². The third-order valence-corrected chi connectivity index (χ3v) is 2.69. The predicted octanol–water partition coefficient (Wildman–Crippen LogP) is 2.21. The predicted molar refractivity (Wildman–Crippen MR) is 67.1 cm³/mol. The summed E-state index contributed by atoms with van der Waals surface area (Å²) >= 11 is 5.85. The summed E-state index contributed by atoms with van der Waals surface area (Å²) in [5, 5.41) is 9.53. The van der Waals surface area contributed by atoms with E-state index in [9.17, 15) is 4.79 Å². The minimum absolute atomic E-state index is 0.267. The van der Waals surface area contributed by atoms with E-state index in [0.717, 1.165) is 5.56 Å². The molecule has 0 aliphatic carbocycles. The molecule has 0 radical (unpaired) electrons. The lowest BCUT2D eigenvalue weighted by Gasteiger charge is -2.07. The molecule has 1 amide bonds. The smallest absolute Gasteiger partial charge is 0.258 e. The number of nitrogens with one attached hydrogen (secondary N) is 2. The van der Waals surface area contributed by atoms with Gasteiger partial charge >= 0.3 is 0 Å². The Balaban J connectivity index is 2.27. The number of carbonyl (C=O) groups excluding carboxylic acids is 1. The molecule has 0 aliphatic heterocycles. The van der Waals surface area contributed by atoms with E-state index < -0.39 is 0 Å². The highest BCUT2D eigenvalue weighted by Gasteiger charge is 2.13. The maximum absolute atomic E-state index is 11.9. The normalized spacial score (nSPS) is 10.2. The van der Waals surface area contributed by atoms with Gasteiger partial charge in [-0.25, -0.2) is 0 Å². The van der Waals surface area contributed by atoms with E-state index in [4.69, 9.17) is 17.3 Å². The Bertz CT molecular complexity index is 564. The molecule has 0 atom stereocenters. The van der Waals surface area contributed by atoms with E-state index in [1.165, 1.54) is 0 Å². The van der Waals surface area contributed by atoms with Crippen molar-refractivity contribution in [2.24, 2.45) is 0 Å². The summed E-state index contributed by atoms with van der Waals surface area (Å²) in [6.45, 7) is 1.83. The first kappa shape index (κ1) is 11.5. The van der Waals surface area contributed by atoms with Crippen LogP contribution in [0, 0.1) is 6.92 Å². The summed E-state index contributed by atoms with van der Waals surface area (Å²) in [7, 11) is 0. The summed E-state index contributed by atoms with van der Waals surface area (Å²) in [4.78, 5) is 11.9. The van der Waals surface area contributed by atoms with E-state index >= 15 is 0 Å². The second-order valence-corrected chi connectivity index (χ2v) is 3.99. The number of H-pyrrole nitrogens is 1. The zero-order chi connectivity index (χ0) is 12.4. The van der Waals surface area contributed by atoms with Crippen molar-refractivity contribution < 1.29 is 4.79 Å². The van der Waals surface area contributed by atoms with Crippen LogP contribution in [0.15, 0.2) is 24.4 Å². The lowest BCUT2D eigenvalue weighted by molar-refractivity contribution is 0.102. The van der Waals surface area contributed by atoms with Crippen molar-refractivity contribution in [3.63, 3.8) is 0 Å². The van der Waals surface area contributed by atoms with E-state index in [0.29, 0.717) is 16.4 Å². The van der Waals surface area contributed by atoms with Crippen molar-refractivity contribution in [1.82, 2.24) is 10.2 Å². The zero-order valence-corrected chi connectivity index (χ0v) is 9.88. The maximum atomic E-state index is 11.9. The molecule has 0 saturated heterocycles. The molecule has 17 heavy (non-hydrogen) atoms. The number of amides is 1. The Morgan fingerprint density at radius 1 is 1.53 bits per heavy atom. The Morgan fingerprint density at radius 3 is 2.94 bits per heavy atom. The number of hydrogen-bond donors (Lipinski definition) is 3. The number of nitrogen functional groups attached to an aromatic ring is 1. The lowest BCUT2D eigenvalue weighted by atomic mass is 10.1. The van der Waals surface area contributed by atoms with Gasteiger partial charge in [-0.15, -0.1) is 0 Å². The first-order chi connectivity index (χ1) is 8.09. The van der Waals surface area contributed by atoms with Gasteiger partial charge in [-0.1, -0.05) is 17.7 Å². The third-order valence-electron chi connectivity index (χ3n) is 2.36. The van der Waals surface area contributed by atoms with Gasteiger partial charge in [-0.3, -0.25) is 9.89 Å². The van der Waals surface area contributed by atoms with E-state index in [1.807, 2.05) is 6.92 Å². The monoisotopic (exact) mass is 250 g/mol. The summed E-state index contributed by atoms with van der Waals surface area (Å²) in [5.41, 5.74) is 7.18. The van der Waals surface area contributed by atoms with Gasteiger partial charge in [0, 0.05) is 5.56 Å². The number of hydrogen-bond acceptors (Lipinski definition) is 3. The molecular weight excluding hydrogens is 240 g/mol. The Hall–Kier alpha value is -2.01. The number of rotatable bonds is 2. The summed E-state index contributed by atoms with van der Waals surface area (Å²) < 4.78 is 0. The molecule has 88 valence electrons. The molecule has 2 aromatic rings. The topological polar surface area (TPSA) is 83.8 Å². The molecule has 0 unspecified atom stereocenters. The van der Waals surface area contributed by atoms with Crippen LogP contribution in [0.3, 0.4) is 0 Å². The van der Waals surface area contributed by atoms with Crippen molar-refractivity contribution in [2.45, 2.75) is 6.92 Å². The molecule has 0 aliphatic rings. The minimum atomic E-state index is -0.322. The van der Waals surface area contributed by atoms with Gasteiger partial charge in [-0.05, 0) is 19.1 Å². The molecule has 0 saturated carbocycles. The first-order valence-corrected chi connectivity index (χ1v) is 5.32. The van der Waals surface area contributed by atoms with Crippen molar-refractivity contribution in [1.29, 1.82) is 0 Å². The number of halogens is 1. The fourth-order valence-electron chi connectivity index (χ4n) is 1.39. The molecule has 2 rings (SSSR count). The molecular formula is C11H11ClN4O. The van der Waals surface area contributed by atoms with E-state index in [2.05, 4.69) is 15.5 Å². The Morgan fingerprint density at radius 2 is 2.29 bits per heavy atom. The van der Waals surface area contributed by atoms with Crippen LogP contribution < -0.4 is 11.1 Å². The zero-order valence-electron chi connectivity index (χ0n) is 9.12. The van der Waals surface area contributed by atoms with E-state index in [1.54, 1.807) is 24.4 Å². The van der Waals surface area contributed by atoms with Crippen molar-refractivity contribution in [3.8, 4) is 0 Å². The summed E-state index contributed by atoms with van der Waals surface area (Å²) in [6.07, 6.45) is 1.62. The number of aryl methyl sites for hydroxylation is 1. The van der Waals surface area contributed by atoms with Gasteiger partial charge in [0.2, 0.25) is 0 Å². The standard InChI is InChI=1S/C11H11ClN4O/c1-6-5-14-16-10(6)15-11(17)7-3-2-4-8(12)9(7)13/h2-5H,13H2,1H3,(H2,14,15,16,17). The summed E-state index contributed by atoms with van der Waals surface area (Å²) in [5.74, 6) is 0.228. The molecule has 0 bridgehead atoms. The quantitative estimate of drug-likeness (QED) is 0.715. The second kappa shape index (κ2) is 4.47. The van der Waals surface area contributed by atoms with Gasteiger partial charge in [0.05, 0.1) is 22.5 Å². The number of para-hydroxylation sites is 1. The van der Waals surface area contributed by atoms with Gasteiger partial charge in [-0.2, -0.15) is 5.10 Å². The van der Waals surface area contributed by atoms with Crippen LogP contribution >= 0.6 is 11.6 Å². The molecule has 1 heterocycles. The fraction of sp³-hybridized carbons (Fsp3) is 0.0909. The Labute approximate surface area is 103 Å². The number of aromatic amines is 1. The largest absolute Gasteiger partial charge is 0.397 e. The van der Waals surface area contributed by atoms with Crippen LogP contribution in [0.25, 0.3) is 0 Å². The number of benzene rings is 1. The van der Waals surface area contributed by atoms with Crippen LogP contribution in [0.4, 0.5) is 11.5 Å². The average molecular weight is 251 g/mol. The maximum Gasteiger partial charge on any atom is 0.258 e. The third kappa shape index (κ3) is 2.24. The van der Waals surface area contributed by atoms with Gasteiger partial charge in [0.1, 0.15) is 5.82 Å². The minimum Gasteiger partial charge on any atom is -0.397 e. The SMILES string of the molecule is Cc1cn[nH]c1NC(=O)c1cccc(Cl)c1N.